The summed E-state index contributed by atoms with van der Waals surface area (Å²) < 4.78 is 6.43. The Bertz CT molecular complexity index is 945. The maximum atomic E-state index is 11.5. The lowest BCUT2D eigenvalue weighted by Gasteiger charge is -2.47. The fourth-order valence-electron chi connectivity index (χ4n) is 6.02. The molecule has 3 aliphatic rings. The van der Waals surface area contributed by atoms with Crippen molar-refractivity contribution in [1.29, 1.82) is 0 Å². The van der Waals surface area contributed by atoms with Crippen molar-refractivity contribution in [2.24, 2.45) is 11.8 Å². The number of ether oxygens (including phenoxy) is 1. The van der Waals surface area contributed by atoms with Gasteiger partial charge in [-0.2, -0.15) is 0 Å². The van der Waals surface area contributed by atoms with E-state index in [1.165, 1.54) is 0 Å². The number of carbonyl (C=O) groups is 1. The summed E-state index contributed by atoms with van der Waals surface area (Å²) in [6, 6.07) is 3.84. The standard InChI is InChI=1S/C27H39NO5/c1-26(2,3)16-12-21(29)24-18-11-15(9-10-19(18)27(4,5)33-23(24)13-16)22(30)14-28-20-8-6-7-17(20)25(31)32/h9,12-13,17-20,22,28-30H,6-8,10-11,14H2,1-5H3,(H,31,32)/t17-,18+,19+,20+,22?/m0/s1. The minimum Gasteiger partial charge on any atom is -0.508 e. The number of nitrogens with one attached hydrogen (secondary N) is 1. The number of aliphatic hydroxyl groups is 1. The third-order valence-corrected chi connectivity index (χ3v) is 8.03. The van der Waals surface area contributed by atoms with E-state index in [1.54, 1.807) is 0 Å². The highest BCUT2D eigenvalue weighted by molar-refractivity contribution is 5.71. The summed E-state index contributed by atoms with van der Waals surface area (Å²) in [5, 5.41) is 34.7. The van der Waals surface area contributed by atoms with Gasteiger partial charge in [-0.15, -0.1) is 0 Å². The highest BCUT2D eigenvalue weighted by atomic mass is 16.5. The summed E-state index contributed by atoms with van der Waals surface area (Å²) in [6.45, 7) is 10.9. The molecule has 4 rings (SSSR count). The highest BCUT2D eigenvalue weighted by Gasteiger charge is 2.47. The maximum Gasteiger partial charge on any atom is 0.308 e. The molecular formula is C27H39NO5. The van der Waals surface area contributed by atoms with E-state index in [0.29, 0.717) is 19.4 Å². The van der Waals surface area contributed by atoms with Gasteiger partial charge in [0.2, 0.25) is 0 Å². The Morgan fingerprint density at radius 2 is 2.00 bits per heavy atom. The molecule has 1 fully saturated rings. The Kier molecular flexibility index (Phi) is 6.29. The molecule has 0 spiro atoms. The van der Waals surface area contributed by atoms with Gasteiger partial charge in [-0.25, -0.2) is 0 Å². The Labute approximate surface area is 197 Å². The molecular weight excluding hydrogens is 418 g/mol. The zero-order valence-electron chi connectivity index (χ0n) is 20.5. The van der Waals surface area contributed by atoms with Crippen molar-refractivity contribution in [1.82, 2.24) is 5.32 Å². The predicted molar refractivity (Wildman–Crippen MR) is 128 cm³/mol. The molecule has 1 aliphatic heterocycles. The maximum absolute atomic E-state index is 11.5. The monoisotopic (exact) mass is 457 g/mol. The van der Waals surface area contributed by atoms with Crippen LogP contribution in [0.1, 0.15) is 83.8 Å². The summed E-state index contributed by atoms with van der Waals surface area (Å²) >= 11 is 0. The van der Waals surface area contributed by atoms with Gasteiger partial charge < -0.3 is 25.4 Å². The van der Waals surface area contributed by atoms with Crippen LogP contribution >= 0.6 is 0 Å². The van der Waals surface area contributed by atoms with E-state index in [4.69, 9.17) is 4.74 Å². The molecule has 1 aromatic rings. The number of phenols is 1. The first-order valence-electron chi connectivity index (χ1n) is 12.3. The van der Waals surface area contributed by atoms with Crippen molar-refractivity contribution >= 4 is 5.97 Å². The molecule has 2 aliphatic carbocycles. The van der Waals surface area contributed by atoms with Gasteiger partial charge >= 0.3 is 5.97 Å². The lowest BCUT2D eigenvalue weighted by atomic mass is 9.66. The quantitative estimate of drug-likeness (QED) is 0.487. The van der Waals surface area contributed by atoms with Crippen LogP contribution in [-0.2, 0) is 10.2 Å². The highest BCUT2D eigenvalue weighted by Crippen LogP contribution is 2.55. The van der Waals surface area contributed by atoms with Crippen LogP contribution < -0.4 is 10.1 Å². The van der Waals surface area contributed by atoms with Crippen molar-refractivity contribution in [3.63, 3.8) is 0 Å². The first-order valence-corrected chi connectivity index (χ1v) is 12.3. The third-order valence-electron chi connectivity index (χ3n) is 8.03. The number of aliphatic hydroxyl groups excluding tert-OH is 1. The molecule has 0 radical (unpaired) electrons. The van der Waals surface area contributed by atoms with Crippen molar-refractivity contribution in [2.75, 3.05) is 6.54 Å². The molecule has 6 heteroatoms. The summed E-state index contributed by atoms with van der Waals surface area (Å²) in [5.74, 6) is 0.143. The van der Waals surface area contributed by atoms with E-state index >= 15 is 0 Å². The van der Waals surface area contributed by atoms with Crippen LogP contribution in [0.5, 0.6) is 11.5 Å². The number of carboxylic acids is 1. The zero-order valence-corrected chi connectivity index (χ0v) is 20.5. The molecule has 1 unspecified atom stereocenters. The van der Waals surface area contributed by atoms with E-state index < -0.39 is 12.1 Å². The van der Waals surface area contributed by atoms with E-state index in [2.05, 4.69) is 52.1 Å². The lowest BCUT2D eigenvalue weighted by Crippen LogP contribution is -2.46. The minimum absolute atomic E-state index is 0.0608. The third kappa shape index (κ3) is 4.65. The molecule has 33 heavy (non-hydrogen) atoms. The molecule has 0 saturated heterocycles. The topological polar surface area (TPSA) is 99.0 Å². The molecule has 1 aromatic carbocycles. The van der Waals surface area contributed by atoms with Crippen LogP contribution in [0.15, 0.2) is 23.8 Å². The average Bonchev–Trinajstić information content (AvgIpc) is 3.19. The minimum atomic E-state index is -0.759. The predicted octanol–water partition coefficient (Wildman–Crippen LogP) is 4.48. The van der Waals surface area contributed by atoms with Crippen LogP contribution in [-0.4, -0.2) is 45.6 Å². The fourth-order valence-corrected chi connectivity index (χ4v) is 6.02. The van der Waals surface area contributed by atoms with E-state index in [0.717, 1.165) is 41.7 Å². The number of fused-ring (bicyclic) bond motifs is 3. The number of allylic oxidation sites excluding steroid dienone is 1. The van der Waals surface area contributed by atoms with Crippen LogP contribution in [0.2, 0.25) is 0 Å². The second-order valence-electron chi connectivity index (χ2n) is 11.7. The summed E-state index contributed by atoms with van der Waals surface area (Å²) in [5.41, 5.74) is 2.35. The van der Waals surface area contributed by atoms with Crippen LogP contribution in [0.25, 0.3) is 0 Å². The van der Waals surface area contributed by atoms with Crippen molar-refractivity contribution in [2.45, 2.75) is 95.8 Å². The van der Waals surface area contributed by atoms with Gasteiger partial charge in [0.25, 0.3) is 0 Å². The molecule has 182 valence electrons. The number of phenolic OH excluding ortho intramolecular Hbond substituents is 1. The van der Waals surface area contributed by atoms with Crippen LogP contribution in [0.4, 0.5) is 0 Å². The van der Waals surface area contributed by atoms with Crippen molar-refractivity contribution in [3.05, 3.63) is 34.9 Å². The summed E-state index contributed by atoms with van der Waals surface area (Å²) in [4.78, 5) is 11.5. The normalized spacial score (nSPS) is 29.5. The number of carboxylic acid groups (broad SMARTS) is 1. The van der Waals surface area contributed by atoms with Crippen LogP contribution in [0.3, 0.4) is 0 Å². The number of rotatable bonds is 5. The number of hydrogen-bond acceptors (Lipinski definition) is 5. The van der Waals surface area contributed by atoms with Gasteiger partial charge in [-0.1, -0.05) is 33.3 Å². The smallest absolute Gasteiger partial charge is 0.308 e. The van der Waals surface area contributed by atoms with E-state index in [1.807, 2.05) is 6.07 Å². The molecule has 6 nitrogen and oxygen atoms in total. The first kappa shape index (κ1) is 24.1. The van der Waals surface area contributed by atoms with Crippen molar-refractivity contribution < 1.29 is 24.9 Å². The largest absolute Gasteiger partial charge is 0.508 e. The Morgan fingerprint density at radius 1 is 1.27 bits per heavy atom. The second kappa shape index (κ2) is 8.62. The second-order valence-corrected chi connectivity index (χ2v) is 11.7. The SMILES string of the molecule is CC(C)(C)c1cc(O)c2c(c1)OC(C)(C)[C@@H]1CC=C(C(O)CN[C@@H]3CCC[C@@H]3C(=O)O)C[C@@H]21. The molecule has 4 N–H and O–H groups in total. The molecule has 1 heterocycles. The lowest BCUT2D eigenvalue weighted by molar-refractivity contribution is -0.142. The molecule has 0 bridgehead atoms. The molecule has 0 amide bonds. The number of aromatic hydroxyl groups is 1. The summed E-state index contributed by atoms with van der Waals surface area (Å²) in [6.07, 6.45) is 5.29. The van der Waals surface area contributed by atoms with Gasteiger partial charge in [0, 0.05) is 30.0 Å². The van der Waals surface area contributed by atoms with Gasteiger partial charge in [0.1, 0.15) is 17.1 Å². The Hall–Kier alpha value is -2.05. The molecule has 5 atom stereocenters. The Morgan fingerprint density at radius 3 is 2.67 bits per heavy atom. The summed E-state index contributed by atoms with van der Waals surface area (Å²) in [7, 11) is 0. The van der Waals surface area contributed by atoms with Crippen LogP contribution in [0, 0.1) is 11.8 Å². The van der Waals surface area contributed by atoms with E-state index in [9.17, 15) is 20.1 Å². The van der Waals surface area contributed by atoms with E-state index in [-0.39, 0.29) is 40.6 Å². The van der Waals surface area contributed by atoms with Gasteiger partial charge in [0.15, 0.2) is 0 Å². The first-order chi connectivity index (χ1) is 15.4. The van der Waals surface area contributed by atoms with Crippen molar-refractivity contribution in [3.8, 4) is 11.5 Å². The Balaban J connectivity index is 1.55. The molecule has 1 saturated carbocycles. The number of aliphatic carboxylic acids is 1. The average molecular weight is 458 g/mol. The molecule has 0 aromatic heterocycles. The van der Waals surface area contributed by atoms with Gasteiger partial charge in [-0.05, 0) is 68.2 Å². The van der Waals surface area contributed by atoms with Gasteiger partial charge in [0.05, 0.1) is 12.0 Å². The fraction of sp³-hybridized carbons (Fsp3) is 0.667. The van der Waals surface area contributed by atoms with Gasteiger partial charge in [-0.3, -0.25) is 4.79 Å². The zero-order chi connectivity index (χ0) is 24.1. The number of hydrogen-bond donors (Lipinski definition) is 4. The number of benzene rings is 1.